The Bertz CT molecular complexity index is 1390. The molecule has 0 radical (unpaired) electrons. The van der Waals surface area contributed by atoms with Gasteiger partial charge in [0.05, 0.1) is 27.9 Å². The van der Waals surface area contributed by atoms with Crippen LogP contribution < -0.4 is 9.64 Å². The molecule has 0 saturated heterocycles. The van der Waals surface area contributed by atoms with Crippen molar-refractivity contribution in [2.45, 2.75) is 0 Å². The molecule has 12 heteroatoms. The van der Waals surface area contributed by atoms with Gasteiger partial charge in [-0.3, -0.25) is 9.59 Å². The standard InChI is InChI=1S/C22H9Br4NO7/c23-15-13-14(16(24)18(26)17(15)25)20(29)27(19(13)28)8-2-1-3-9(6-8)34-10-4-5-11(21(30)31)12(7-10)22(32)33/h1-7H,(H,30,31)(H,32,33). The second-order valence-corrected chi connectivity index (χ2v) is 10.0. The van der Waals surface area contributed by atoms with Gasteiger partial charge in [0.2, 0.25) is 0 Å². The minimum absolute atomic E-state index is 0.0697. The average Bonchev–Trinajstić information content (AvgIpc) is 3.06. The van der Waals surface area contributed by atoms with Gasteiger partial charge in [-0.2, -0.15) is 0 Å². The number of carboxylic acid groups (broad SMARTS) is 2. The first-order valence-corrected chi connectivity index (χ1v) is 12.3. The quantitative estimate of drug-likeness (QED) is 0.171. The van der Waals surface area contributed by atoms with Crippen LogP contribution >= 0.6 is 63.7 Å². The third-order valence-electron chi connectivity index (χ3n) is 4.86. The van der Waals surface area contributed by atoms with E-state index in [2.05, 4.69) is 63.7 Å². The highest BCUT2D eigenvalue weighted by Gasteiger charge is 2.42. The Balaban J connectivity index is 1.71. The molecule has 4 rings (SSSR count). The number of nitrogens with zero attached hydrogens (tertiary/aromatic N) is 1. The highest BCUT2D eigenvalue weighted by atomic mass is 79.9. The van der Waals surface area contributed by atoms with Gasteiger partial charge in [-0.15, -0.1) is 0 Å². The smallest absolute Gasteiger partial charge is 0.336 e. The van der Waals surface area contributed by atoms with E-state index in [1.165, 1.54) is 12.1 Å². The predicted octanol–water partition coefficient (Wildman–Crippen LogP) is 6.73. The van der Waals surface area contributed by atoms with Gasteiger partial charge in [0.15, 0.2) is 0 Å². The van der Waals surface area contributed by atoms with Crippen LogP contribution in [-0.2, 0) is 0 Å². The number of carbonyl (C=O) groups is 4. The molecule has 0 spiro atoms. The van der Waals surface area contributed by atoms with Crippen LogP contribution in [0.4, 0.5) is 5.69 Å². The minimum atomic E-state index is -1.42. The number of hydrogen-bond donors (Lipinski definition) is 2. The molecule has 0 fully saturated rings. The molecule has 0 saturated carbocycles. The zero-order chi connectivity index (χ0) is 24.9. The Morgan fingerprint density at radius 2 is 1.24 bits per heavy atom. The number of benzene rings is 3. The second-order valence-electron chi connectivity index (χ2n) is 6.87. The van der Waals surface area contributed by atoms with E-state index in [1.54, 1.807) is 18.2 Å². The van der Waals surface area contributed by atoms with Crippen molar-refractivity contribution in [1.82, 2.24) is 0 Å². The number of halogens is 4. The number of hydrogen-bond acceptors (Lipinski definition) is 5. The minimum Gasteiger partial charge on any atom is -0.478 e. The lowest BCUT2D eigenvalue weighted by molar-refractivity contribution is 0.0651. The fraction of sp³-hybridized carbons (Fsp3) is 0. The number of ether oxygens (including phenoxy) is 1. The summed E-state index contributed by atoms with van der Waals surface area (Å²) in [5, 5.41) is 18.5. The molecule has 2 N–H and O–H groups in total. The summed E-state index contributed by atoms with van der Waals surface area (Å²) < 4.78 is 7.68. The van der Waals surface area contributed by atoms with E-state index in [0.29, 0.717) is 17.9 Å². The van der Waals surface area contributed by atoms with Crippen LogP contribution in [-0.4, -0.2) is 34.0 Å². The van der Waals surface area contributed by atoms with Crippen molar-refractivity contribution in [3.63, 3.8) is 0 Å². The number of amides is 2. The Kier molecular flexibility index (Phi) is 6.69. The molecule has 1 aliphatic rings. The molecule has 2 amide bonds. The predicted molar refractivity (Wildman–Crippen MR) is 135 cm³/mol. The zero-order valence-corrected chi connectivity index (χ0v) is 22.8. The van der Waals surface area contributed by atoms with Gasteiger partial charge < -0.3 is 14.9 Å². The normalized spacial score (nSPS) is 12.6. The van der Waals surface area contributed by atoms with E-state index in [0.717, 1.165) is 17.0 Å². The summed E-state index contributed by atoms with van der Waals surface area (Å²) in [5.41, 5.74) is -0.210. The maximum Gasteiger partial charge on any atom is 0.336 e. The third-order valence-corrected chi connectivity index (χ3v) is 9.63. The van der Waals surface area contributed by atoms with Crippen molar-refractivity contribution < 1.29 is 34.1 Å². The molecule has 172 valence electrons. The summed E-state index contributed by atoms with van der Waals surface area (Å²) in [6.07, 6.45) is 0. The molecule has 1 aliphatic heterocycles. The van der Waals surface area contributed by atoms with Gasteiger partial charge in [-0.05, 0) is 94.1 Å². The molecule has 34 heavy (non-hydrogen) atoms. The third kappa shape index (κ3) is 4.08. The molecule has 8 nitrogen and oxygen atoms in total. The first-order chi connectivity index (χ1) is 16.0. The Morgan fingerprint density at radius 1 is 0.706 bits per heavy atom. The summed E-state index contributed by atoms with van der Waals surface area (Å²) >= 11 is 13.5. The summed E-state index contributed by atoms with van der Waals surface area (Å²) in [6, 6.07) is 9.63. The van der Waals surface area contributed by atoms with Gasteiger partial charge >= 0.3 is 11.9 Å². The second kappa shape index (κ2) is 9.25. The largest absolute Gasteiger partial charge is 0.478 e. The van der Waals surface area contributed by atoms with E-state index in [1.807, 2.05) is 0 Å². The fourth-order valence-corrected chi connectivity index (χ4v) is 5.81. The van der Waals surface area contributed by atoms with E-state index >= 15 is 0 Å². The fourth-order valence-electron chi connectivity index (χ4n) is 3.36. The number of rotatable bonds is 5. The van der Waals surface area contributed by atoms with Crippen LogP contribution in [0.5, 0.6) is 11.5 Å². The lowest BCUT2D eigenvalue weighted by Crippen LogP contribution is -2.29. The highest BCUT2D eigenvalue weighted by Crippen LogP contribution is 2.46. The van der Waals surface area contributed by atoms with Crippen LogP contribution in [0.1, 0.15) is 41.4 Å². The van der Waals surface area contributed by atoms with Crippen molar-refractivity contribution in [2.24, 2.45) is 0 Å². The van der Waals surface area contributed by atoms with Gasteiger partial charge in [0.1, 0.15) is 11.5 Å². The first-order valence-electron chi connectivity index (χ1n) is 9.16. The van der Waals surface area contributed by atoms with Crippen LogP contribution in [0.2, 0.25) is 0 Å². The molecular formula is C22H9Br4NO7. The van der Waals surface area contributed by atoms with Gasteiger partial charge in [0.25, 0.3) is 11.8 Å². The molecule has 3 aromatic carbocycles. The summed E-state index contributed by atoms with van der Waals surface area (Å²) in [5.74, 6) is -3.62. The lowest BCUT2D eigenvalue weighted by atomic mass is 10.1. The summed E-state index contributed by atoms with van der Waals surface area (Å²) in [4.78, 5) is 50.1. The van der Waals surface area contributed by atoms with Crippen LogP contribution in [0.3, 0.4) is 0 Å². The van der Waals surface area contributed by atoms with E-state index in [-0.39, 0.29) is 33.9 Å². The molecule has 0 atom stereocenters. The molecule has 3 aromatic rings. The Morgan fingerprint density at radius 3 is 1.76 bits per heavy atom. The van der Waals surface area contributed by atoms with Crippen LogP contribution in [0, 0.1) is 0 Å². The Hall–Kier alpha value is -2.54. The number of aromatic carboxylic acids is 2. The first kappa shape index (κ1) is 24.6. The molecule has 1 heterocycles. The van der Waals surface area contributed by atoms with Crippen molar-refractivity contribution in [3.05, 3.63) is 82.6 Å². The maximum absolute atomic E-state index is 13.2. The summed E-state index contributed by atoms with van der Waals surface area (Å²) in [6.45, 7) is 0. The topological polar surface area (TPSA) is 121 Å². The maximum atomic E-state index is 13.2. The number of anilines is 1. The highest BCUT2D eigenvalue weighted by molar-refractivity contribution is 9.15. The number of carboxylic acids is 2. The van der Waals surface area contributed by atoms with E-state index in [4.69, 9.17) is 9.84 Å². The van der Waals surface area contributed by atoms with E-state index in [9.17, 15) is 24.3 Å². The van der Waals surface area contributed by atoms with Crippen LogP contribution in [0.25, 0.3) is 0 Å². The van der Waals surface area contributed by atoms with Gasteiger partial charge in [-0.25, -0.2) is 14.5 Å². The van der Waals surface area contributed by atoms with E-state index < -0.39 is 29.3 Å². The van der Waals surface area contributed by atoms with Crippen molar-refractivity contribution >= 4 is 93.2 Å². The summed E-state index contributed by atoms with van der Waals surface area (Å²) in [7, 11) is 0. The van der Waals surface area contributed by atoms with Gasteiger partial charge in [-0.1, -0.05) is 6.07 Å². The average molecular weight is 719 g/mol. The van der Waals surface area contributed by atoms with Crippen molar-refractivity contribution in [1.29, 1.82) is 0 Å². The number of fused-ring (bicyclic) bond motifs is 1. The Labute approximate surface area is 225 Å². The molecule has 0 bridgehead atoms. The molecule has 0 aromatic heterocycles. The van der Waals surface area contributed by atoms with Crippen molar-refractivity contribution in [2.75, 3.05) is 4.90 Å². The van der Waals surface area contributed by atoms with Crippen molar-refractivity contribution in [3.8, 4) is 11.5 Å². The SMILES string of the molecule is O=C(O)c1ccc(Oc2cccc(N3C(=O)c4c(Br)c(Br)c(Br)c(Br)c4C3=O)c2)cc1C(=O)O. The van der Waals surface area contributed by atoms with Gasteiger partial charge in [0, 0.05) is 24.0 Å². The molecule has 0 aliphatic carbocycles. The van der Waals surface area contributed by atoms with Crippen LogP contribution in [0.15, 0.2) is 60.4 Å². The molecule has 0 unspecified atom stereocenters. The monoisotopic (exact) mass is 715 g/mol. The lowest BCUT2D eigenvalue weighted by Gasteiger charge is -2.15. The number of carbonyl (C=O) groups excluding carboxylic acids is 2. The zero-order valence-electron chi connectivity index (χ0n) is 16.4. The molecular weight excluding hydrogens is 710 g/mol. The number of imide groups is 1.